The number of nitrogens with zero attached hydrogens (tertiary/aromatic N) is 4. The molecule has 1 aromatic heterocycles. The quantitative estimate of drug-likeness (QED) is 0.695. The minimum absolute atomic E-state index is 0.166. The Balaban J connectivity index is 1.44. The standard InChI is InChI=1S/C25H36N6O/c1-18(2)31(15-19-8-5-4-6-9-19)23(32)17-30-13-7-10-20(16-30)24-28-22-11-12-27-14-21(22)25(26-3)29-24/h4-6,8-9,18,20,27H,7,10-17H2,1-3H3,(H,26,28,29)/t20-/m1/s1. The van der Waals surface area contributed by atoms with E-state index in [9.17, 15) is 4.79 Å². The van der Waals surface area contributed by atoms with Gasteiger partial charge in [0.05, 0.1) is 12.2 Å². The number of carbonyl (C=O) groups is 1. The summed E-state index contributed by atoms with van der Waals surface area (Å²) in [6.07, 6.45) is 3.08. The zero-order valence-electron chi connectivity index (χ0n) is 19.6. The molecule has 2 N–H and O–H groups in total. The number of anilines is 1. The number of hydrogen-bond acceptors (Lipinski definition) is 6. The molecule has 7 heteroatoms. The van der Waals surface area contributed by atoms with Crippen LogP contribution in [0.3, 0.4) is 0 Å². The first-order valence-electron chi connectivity index (χ1n) is 11.9. The Hall–Kier alpha value is -2.51. The van der Waals surface area contributed by atoms with E-state index in [-0.39, 0.29) is 17.9 Å². The third-order valence-corrected chi connectivity index (χ3v) is 6.56. The molecule has 1 saturated heterocycles. The molecule has 1 atom stereocenters. The maximum Gasteiger partial charge on any atom is 0.237 e. The van der Waals surface area contributed by atoms with Crippen molar-refractivity contribution in [1.29, 1.82) is 0 Å². The molecule has 2 aliphatic rings. The lowest BCUT2D eigenvalue weighted by Crippen LogP contribution is -2.46. The Kier molecular flexibility index (Phi) is 7.37. The molecule has 7 nitrogen and oxygen atoms in total. The lowest BCUT2D eigenvalue weighted by molar-refractivity contribution is -0.135. The molecule has 32 heavy (non-hydrogen) atoms. The van der Waals surface area contributed by atoms with Crippen molar-refractivity contribution in [1.82, 2.24) is 25.1 Å². The summed E-state index contributed by atoms with van der Waals surface area (Å²) in [6.45, 7) is 8.87. The predicted molar refractivity (Wildman–Crippen MR) is 128 cm³/mol. The van der Waals surface area contributed by atoms with Gasteiger partial charge in [0.1, 0.15) is 11.6 Å². The number of nitrogens with one attached hydrogen (secondary N) is 2. The summed E-state index contributed by atoms with van der Waals surface area (Å²) in [7, 11) is 1.93. The largest absolute Gasteiger partial charge is 0.373 e. The van der Waals surface area contributed by atoms with Gasteiger partial charge >= 0.3 is 0 Å². The van der Waals surface area contributed by atoms with E-state index in [1.165, 1.54) is 16.8 Å². The van der Waals surface area contributed by atoms with Gasteiger partial charge in [-0.15, -0.1) is 0 Å². The first-order chi connectivity index (χ1) is 15.5. The molecule has 1 fully saturated rings. The monoisotopic (exact) mass is 436 g/mol. The van der Waals surface area contributed by atoms with Gasteiger partial charge in [0, 0.05) is 57.2 Å². The summed E-state index contributed by atoms with van der Waals surface area (Å²) >= 11 is 0. The second kappa shape index (κ2) is 10.4. The van der Waals surface area contributed by atoms with Crippen LogP contribution in [0, 0.1) is 0 Å². The number of likely N-dealkylation sites (tertiary alicyclic amines) is 1. The number of aromatic nitrogens is 2. The summed E-state index contributed by atoms with van der Waals surface area (Å²) in [5, 5.41) is 6.67. The van der Waals surface area contributed by atoms with Crippen molar-refractivity contribution in [2.45, 2.75) is 58.2 Å². The molecule has 0 saturated carbocycles. The number of carbonyl (C=O) groups excluding carboxylic acids is 1. The van der Waals surface area contributed by atoms with Crippen molar-refractivity contribution < 1.29 is 4.79 Å². The first kappa shape index (κ1) is 22.7. The van der Waals surface area contributed by atoms with Crippen LogP contribution < -0.4 is 10.6 Å². The summed E-state index contributed by atoms with van der Waals surface area (Å²) in [5.74, 6) is 2.33. The number of benzene rings is 1. The summed E-state index contributed by atoms with van der Waals surface area (Å²) < 4.78 is 0. The van der Waals surface area contributed by atoms with E-state index >= 15 is 0 Å². The average Bonchev–Trinajstić information content (AvgIpc) is 2.82. The highest BCUT2D eigenvalue weighted by Crippen LogP contribution is 2.28. The number of rotatable bonds is 7. The van der Waals surface area contributed by atoms with Crippen LogP contribution in [0.1, 0.15) is 55.3 Å². The molecule has 0 aliphatic carbocycles. The SMILES string of the molecule is CNc1nc([C@@H]2CCCN(CC(=O)N(Cc3ccccc3)C(C)C)C2)nc2c1CNCC2. The van der Waals surface area contributed by atoms with Gasteiger partial charge < -0.3 is 15.5 Å². The average molecular weight is 437 g/mol. The highest BCUT2D eigenvalue weighted by molar-refractivity contribution is 5.78. The maximum absolute atomic E-state index is 13.2. The lowest BCUT2D eigenvalue weighted by Gasteiger charge is -2.35. The molecule has 2 aromatic rings. The number of fused-ring (bicyclic) bond motifs is 1. The molecule has 3 heterocycles. The van der Waals surface area contributed by atoms with Crippen LogP contribution in [0.2, 0.25) is 0 Å². The Morgan fingerprint density at radius 2 is 2.09 bits per heavy atom. The van der Waals surface area contributed by atoms with Crippen LogP contribution in [0.4, 0.5) is 5.82 Å². The fourth-order valence-corrected chi connectivity index (χ4v) is 4.78. The summed E-state index contributed by atoms with van der Waals surface area (Å²) in [5.41, 5.74) is 3.53. The van der Waals surface area contributed by atoms with Gasteiger partial charge in [-0.05, 0) is 38.8 Å². The molecular weight excluding hydrogens is 400 g/mol. The molecule has 172 valence electrons. The predicted octanol–water partition coefficient (Wildman–Crippen LogP) is 2.78. The minimum Gasteiger partial charge on any atom is -0.373 e. The number of hydrogen-bond donors (Lipinski definition) is 2. The van der Waals surface area contributed by atoms with E-state index in [2.05, 4.69) is 41.5 Å². The second-order valence-electron chi connectivity index (χ2n) is 9.21. The van der Waals surface area contributed by atoms with Crippen molar-refractivity contribution in [2.24, 2.45) is 0 Å². The van der Waals surface area contributed by atoms with Gasteiger partial charge in [-0.1, -0.05) is 30.3 Å². The maximum atomic E-state index is 13.2. The van der Waals surface area contributed by atoms with Crippen LogP contribution in [-0.4, -0.2) is 64.9 Å². The van der Waals surface area contributed by atoms with E-state index in [4.69, 9.17) is 9.97 Å². The van der Waals surface area contributed by atoms with Crippen molar-refractivity contribution in [2.75, 3.05) is 38.5 Å². The third kappa shape index (κ3) is 5.27. The van der Waals surface area contributed by atoms with E-state index in [0.717, 1.165) is 57.1 Å². The van der Waals surface area contributed by atoms with Gasteiger partial charge in [-0.25, -0.2) is 9.97 Å². The zero-order chi connectivity index (χ0) is 22.5. The van der Waals surface area contributed by atoms with Gasteiger partial charge in [0.15, 0.2) is 0 Å². The van der Waals surface area contributed by atoms with Crippen molar-refractivity contribution in [3.05, 3.63) is 53.0 Å². The third-order valence-electron chi connectivity index (χ3n) is 6.56. The van der Waals surface area contributed by atoms with Crippen LogP contribution in [0.25, 0.3) is 0 Å². The van der Waals surface area contributed by atoms with E-state index in [0.29, 0.717) is 13.1 Å². The van der Waals surface area contributed by atoms with E-state index in [1.807, 2.05) is 30.1 Å². The zero-order valence-corrected chi connectivity index (χ0v) is 19.6. The smallest absolute Gasteiger partial charge is 0.237 e. The van der Waals surface area contributed by atoms with Crippen LogP contribution in [-0.2, 0) is 24.3 Å². The molecular formula is C25H36N6O. The fourth-order valence-electron chi connectivity index (χ4n) is 4.78. The normalized spacial score (nSPS) is 18.9. The number of piperidine rings is 1. The highest BCUT2D eigenvalue weighted by atomic mass is 16.2. The molecule has 0 spiro atoms. The summed E-state index contributed by atoms with van der Waals surface area (Å²) in [4.78, 5) is 27.3. The van der Waals surface area contributed by atoms with Crippen LogP contribution >= 0.6 is 0 Å². The van der Waals surface area contributed by atoms with Crippen molar-refractivity contribution >= 4 is 11.7 Å². The Morgan fingerprint density at radius 3 is 2.84 bits per heavy atom. The molecule has 1 amide bonds. The van der Waals surface area contributed by atoms with Crippen molar-refractivity contribution in [3.63, 3.8) is 0 Å². The van der Waals surface area contributed by atoms with Crippen LogP contribution in [0.5, 0.6) is 0 Å². The molecule has 0 unspecified atom stereocenters. The highest BCUT2D eigenvalue weighted by Gasteiger charge is 2.28. The Bertz CT molecular complexity index is 899. The van der Waals surface area contributed by atoms with Gasteiger partial charge in [-0.2, -0.15) is 0 Å². The Morgan fingerprint density at radius 1 is 1.28 bits per heavy atom. The number of amides is 1. The van der Waals surface area contributed by atoms with Gasteiger partial charge in [0.2, 0.25) is 5.91 Å². The molecule has 0 radical (unpaired) electrons. The van der Waals surface area contributed by atoms with Crippen LogP contribution in [0.15, 0.2) is 30.3 Å². The lowest BCUT2D eigenvalue weighted by atomic mass is 9.96. The summed E-state index contributed by atoms with van der Waals surface area (Å²) in [6, 6.07) is 10.4. The first-order valence-corrected chi connectivity index (χ1v) is 11.9. The topological polar surface area (TPSA) is 73.4 Å². The Labute approximate surface area is 191 Å². The van der Waals surface area contributed by atoms with E-state index in [1.54, 1.807) is 0 Å². The fraction of sp³-hybridized carbons (Fsp3) is 0.560. The molecule has 0 bridgehead atoms. The minimum atomic E-state index is 0.166. The molecule has 4 rings (SSSR count). The van der Waals surface area contributed by atoms with E-state index < -0.39 is 0 Å². The molecule has 1 aromatic carbocycles. The molecule has 2 aliphatic heterocycles. The van der Waals surface area contributed by atoms with Gasteiger partial charge in [-0.3, -0.25) is 9.69 Å². The van der Waals surface area contributed by atoms with Gasteiger partial charge in [0.25, 0.3) is 0 Å². The van der Waals surface area contributed by atoms with Crippen molar-refractivity contribution in [3.8, 4) is 0 Å². The second-order valence-corrected chi connectivity index (χ2v) is 9.21.